The normalized spacial score (nSPS) is 14.6. The van der Waals surface area contributed by atoms with Crippen LogP contribution in [0.4, 0.5) is 11.4 Å². The number of nitroso groups, excluding NO2 is 1. The van der Waals surface area contributed by atoms with Crippen molar-refractivity contribution in [2.24, 2.45) is 5.18 Å². The highest BCUT2D eigenvalue weighted by Gasteiger charge is 2.14. The van der Waals surface area contributed by atoms with Crippen molar-refractivity contribution in [3.8, 4) is 0 Å². The molecule has 0 aliphatic carbocycles. The Morgan fingerprint density at radius 3 is 2.92 bits per heavy atom. The summed E-state index contributed by atoms with van der Waals surface area (Å²) in [5.74, 6) is -0.00412. The molecule has 1 heterocycles. The highest BCUT2D eigenvalue weighted by Crippen LogP contribution is 2.26. The number of rotatable bonds is 1. The fourth-order valence-corrected chi connectivity index (χ4v) is 1.42. The van der Waals surface area contributed by atoms with Crippen LogP contribution in [0.3, 0.4) is 0 Å². The van der Waals surface area contributed by atoms with E-state index in [1.807, 2.05) is 6.07 Å². The van der Waals surface area contributed by atoms with Gasteiger partial charge in [-0.2, -0.15) is 0 Å². The van der Waals surface area contributed by atoms with Gasteiger partial charge in [0.15, 0.2) is 0 Å². The Morgan fingerprint density at radius 1 is 1.31 bits per heavy atom. The van der Waals surface area contributed by atoms with Gasteiger partial charge in [0.25, 0.3) is 0 Å². The summed E-state index contributed by atoms with van der Waals surface area (Å²) in [6.45, 7) is 0. The molecule has 1 N–H and O–H groups in total. The first-order valence-corrected chi connectivity index (χ1v) is 4.06. The summed E-state index contributed by atoms with van der Waals surface area (Å²) >= 11 is 0. The molecule has 1 aromatic carbocycles. The van der Waals surface area contributed by atoms with Gasteiger partial charge in [-0.1, -0.05) is 6.07 Å². The summed E-state index contributed by atoms with van der Waals surface area (Å²) in [6, 6.07) is 5.08. The number of carbonyl (C=O) groups is 1. The zero-order valence-corrected chi connectivity index (χ0v) is 6.91. The summed E-state index contributed by atoms with van der Waals surface area (Å²) in [5.41, 5.74) is 2.13. The molecular weight excluding hydrogens is 168 g/mol. The topological polar surface area (TPSA) is 58.5 Å². The van der Waals surface area contributed by atoms with Crippen molar-refractivity contribution in [1.29, 1.82) is 0 Å². The smallest absolute Gasteiger partial charge is 0.224 e. The number of carbonyl (C=O) groups excluding carboxylic acids is 1. The molecule has 0 atom stereocenters. The molecule has 0 bridgehead atoms. The van der Waals surface area contributed by atoms with E-state index in [1.54, 1.807) is 12.1 Å². The summed E-state index contributed by atoms with van der Waals surface area (Å²) in [5, 5.41) is 5.50. The van der Waals surface area contributed by atoms with Crippen molar-refractivity contribution in [3.63, 3.8) is 0 Å². The van der Waals surface area contributed by atoms with Crippen molar-refractivity contribution >= 4 is 17.3 Å². The van der Waals surface area contributed by atoms with Gasteiger partial charge in [0, 0.05) is 12.1 Å². The zero-order valence-electron chi connectivity index (χ0n) is 6.91. The average Bonchev–Trinajstić information content (AvgIpc) is 2.16. The van der Waals surface area contributed by atoms with Gasteiger partial charge in [0.1, 0.15) is 5.69 Å². The Labute approximate surface area is 74.9 Å². The van der Waals surface area contributed by atoms with Gasteiger partial charge in [0.2, 0.25) is 5.91 Å². The van der Waals surface area contributed by atoms with E-state index in [2.05, 4.69) is 10.5 Å². The second-order valence-corrected chi connectivity index (χ2v) is 2.98. The van der Waals surface area contributed by atoms with Crippen LogP contribution < -0.4 is 5.32 Å². The zero-order chi connectivity index (χ0) is 9.26. The van der Waals surface area contributed by atoms with Crippen molar-refractivity contribution in [1.82, 2.24) is 0 Å². The first-order chi connectivity index (χ1) is 6.29. The Kier molecular flexibility index (Phi) is 1.81. The maximum Gasteiger partial charge on any atom is 0.224 e. The van der Waals surface area contributed by atoms with Gasteiger partial charge < -0.3 is 5.32 Å². The molecular formula is C9H8N2O2. The minimum Gasteiger partial charge on any atom is -0.326 e. The van der Waals surface area contributed by atoms with E-state index >= 15 is 0 Å². The number of hydrogen-bond donors (Lipinski definition) is 1. The van der Waals surface area contributed by atoms with E-state index in [9.17, 15) is 9.70 Å². The summed E-state index contributed by atoms with van der Waals surface area (Å²) < 4.78 is 0. The van der Waals surface area contributed by atoms with Gasteiger partial charge in [-0.05, 0) is 29.3 Å². The molecule has 66 valence electrons. The lowest BCUT2D eigenvalue weighted by molar-refractivity contribution is -0.116. The lowest BCUT2D eigenvalue weighted by Crippen LogP contribution is -2.18. The first kappa shape index (κ1) is 7.91. The van der Waals surface area contributed by atoms with Crippen LogP contribution in [0.1, 0.15) is 12.0 Å². The van der Waals surface area contributed by atoms with Crippen LogP contribution in [0.25, 0.3) is 0 Å². The van der Waals surface area contributed by atoms with Crippen LogP contribution in [0.15, 0.2) is 23.4 Å². The van der Waals surface area contributed by atoms with Crippen molar-refractivity contribution in [3.05, 3.63) is 28.7 Å². The van der Waals surface area contributed by atoms with Crippen LogP contribution >= 0.6 is 0 Å². The molecule has 0 fully saturated rings. The van der Waals surface area contributed by atoms with E-state index in [1.165, 1.54) is 0 Å². The highest BCUT2D eigenvalue weighted by atomic mass is 16.3. The molecule has 4 nitrogen and oxygen atoms in total. The maximum absolute atomic E-state index is 11.0. The van der Waals surface area contributed by atoms with Gasteiger partial charge in [-0.15, -0.1) is 4.91 Å². The van der Waals surface area contributed by atoms with Crippen LogP contribution in [0.2, 0.25) is 0 Å². The van der Waals surface area contributed by atoms with E-state index < -0.39 is 0 Å². The van der Waals surface area contributed by atoms with Crippen LogP contribution in [-0.4, -0.2) is 5.91 Å². The second kappa shape index (κ2) is 2.97. The molecule has 0 saturated carbocycles. The lowest BCUT2D eigenvalue weighted by atomic mass is 10.0. The first-order valence-electron chi connectivity index (χ1n) is 4.06. The molecule has 2 rings (SSSR count). The molecule has 1 aliphatic rings. The average molecular weight is 176 g/mol. The lowest BCUT2D eigenvalue weighted by Gasteiger charge is -2.15. The fourth-order valence-electron chi connectivity index (χ4n) is 1.42. The number of nitrogens with one attached hydrogen (secondary N) is 1. The van der Waals surface area contributed by atoms with Crippen LogP contribution in [-0.2, 0) is 11.2 Å². The molecule has 1 aromatic rings. The molecule has 0 spiro atoms. The maximum atomic E-state index is 11.0. The number of hydrogen-bond acceptors (Lipinski definition) is 3. The quantitative estimate of drug-likeness (QED) is 0.665. The van der Waals surface area contributed by atoms with Crippen molar-refractivity contribution in [2.75, 3.05) is 5.32 Å². The Hall–Kier alpha value is -1.71. The molecule has 0 radical (unpaired) electrons. The minimum atomic E-state index is -0.00412. The fraction of sp³-hybridized carbons (Fsp3) is 0.222. The van der Waals surface area contributed by atoms with Crippen LogP contribution in [0, 0.1) is 4.91 Å². The molecule has 13 heavy (non-hydrogen) atoms. The number of benzene rings is 1. The SMILES string of the molecule is O=Nc1ccc2c(c1)NC(=O)CC2. The number of aryl methyl sites for hydroxylation is 1. The second-order valence-electron chi connectivity index (χ2n) is 2.98. The number of nitrogens with zero attached hydrogens (tertiary/aromatic N) is 1. The van der Waals surface area contributed by atoms with E-state index in [-0.39, 0.29) is 5.91 Å². The number of amides is 1. The van der Waals surface area contributed by atoms with Gasteiger partial charge in [0.05, 0.1) is 0 Å². The summed E-state index contributed by atoms with van der Waals surface area (Å²) in [6.07, 6.45) is 1.25. The van der Waals surface area contributed by atoms with E-state index in [0.29, 0.717) is 17.8 Å². The number of fused-ring (bicyclic) bond motifs is 1. The monoisotopic (exact) mass is 176 g/mol. The van der Waals surface area contributed by atoms with Gasteiger partial charge in [-0.3, -0.25) is 4.79 Å². The van der Waals surface area contributed by atoms with Gasteiger partial charge in [-0.25, -0.2) is 0 Å². The third-order valence-electron chi connectivity index (χ3n) is 2.09. The predicted molar refractivity (Wildman–Crippen MR) is 48.8 cm³/mol. The van der Waals surface area contributed by atoms with Gasteiger partial charge >= 0.3 is 0 Å². The Morgan fingerprint density at radius 2 is 2.15 bits per heavy atom. The van der Waals surface area contributed by atoms with E-state index in [4.69, 9.17) is 0 Å². The summed E-state index contributed by atoms with van der Waals surface area (Å²) in [7, 11) is 0. The van der Waals surface area contributed by atoms with Crippen molar-refractivity contribution < 1.29 is 4.79 Å². The predicted octanol–water partition coefficient (Wildman–Crippen LogP) is 1.97. The molecule has 4 heteroatoms. The molecule has 0 unspecified atom stereocenters. The van der Waals surface area contributed by atoms with E-state index in [0.717, 1.165) is 12.0 Å². The Balaban J connectivity index is 2.43. The largest absolute Gasteiger partial charge is 0.326 e. The molecule has 0 saturated heterocycles. The third-order valence-corrected chi connectivity index (χ3v) is 2.09. The molecule has 0 aromatic heterocycles. The third kappa shape index (κ3) is 1.42. The Bertz CT molecular complexity index is 374. The van der Waals surface area contributed by atoms with Crippen LogP contribution in [0.5, 0.6) is 0 Å². The number of anilines is 1. The standard InChI is InChI=1S/C9H8N2O2/c12-9-4-2-6-1-3-7(11-13)5-8(6)10-9/h1,3,5H,2,4H2,(H,10,12). The minimum absolute atomic E-state index is 0.00412. The highest BCUT2D eigenvalue weighted by molar-refractivity contribution is 5.94. The van der Waals surface area contributed by atoms with Crippen molar-refractivity contribution in [2.45, 2.75) is 12.8 Å². The molecule has 1 aliphatic heterocycles. The summed E-state index contributed by atoms with van der Waals surface area (Å²) in [4.78, 5) is 21.2. The molecule has 1 amide bonds.